The maximum absolute atomic E-state index is 13.2. The molecule has 0 aliphatic heterocycles. The van der Waals surface area contributed by atoms with Crippen LogP contribution in [0.1, 0.15) is 49.9 Å². The van der Waals surface area contributed by atoms with E-state index in [9.17, 15) is 18.0 Å². The summed E-state index contributed by atoms with van der Waals surface area (Å²) in [6, 6.07) is 11.2. The van der Waals surface area contributed by atoms with Gasteiger partial charge < -0.3 is 14.0 Å². The number of fused-ring (bicyclic) bond motifs is 1. The lowest BCUT2D eigenvalue weighted by atomic mass is 10.2. The molecule has 0 unspecified atom stereocenters. The highest BCUT2D eigenvalue weighted by Gasteiger charge is 2.24. The summed E-state index contributed by atoms with van der Waals surface area (Å²) in [4.78, 5) is 29.8. The quantitative estimate of drug-likeness (QED) is 0.314. The fourth-order valence-electron chi connectivity index (χ4n) is 3.70. The van der Waals surface area contributed by atoms with E-state index in [0.29, 0.717) is 29.2 Å². The van der Waals surface area contributed by atoms with Gasteiger partial charge in [0.15, 0.2) is 4.80 Å². The predicted molar refractivity (Wildman–Crippen MR) is 143 cm³/mol. The predicted octanol–water partition coefficient (Wildman–Crippen LogP) is 4.22. The molecule has 9 nitrogen and oxygen atoms in total. The van der Waals surface area contributed by atoms with E-state index in [1.54, 1.807) is 29.9 Å². The first-order valence-electron chi connectivity index (χ1n) is 12.2. The Labute approximate surface area is 221 Å². The molecule has 200 valence electrons. The van der Waals surface area contributed by atoms with Crippen LogP contribution in [0.2, 0.25) is 0 Å². The van der Waals surface area contributed by atoms with Crippen LogP contribution in [0.4, 0.5) is 0 Å². The number of rotatable bonds is 12. The van der Waals surface area contributed by atoms with Gasteiger partial charge in [0.05, 0.1) is 29.3 Å². The molecule has 37 heavy (non-hydrogen) atoms. The number of nitrogens with zero attached hydrogens (tertiary/aromatic N) is 3. The van der Waals surface area contributed by atoms with Crippen molar-refractivity contribution in [3.8, 4) is 5.75 Å². The average molecular weight is 548 g/mol. The van der Waals surface area contributed by atoms with Crippen LogP contribution in [0, 0.1) is 0 Å². The Hall–Kier alpha value is -3.02. The van der Waals surface area contributed by atoms with E-state index in [1.807, 2.05) is 13.8 Å². The molecule has 0 bridgehead atoms. The van der Waals surface area contributed by atoms with Crippen LogP contribution in [-0.4, -0.2) is 56.5 Å². The lowest BCUT2D eigenvalue weighted by molar-refractivity contribution is -0.141. The fourth-order valence-corrected chi connectivity index (χ4v) is 6.28. The summed E-state index contributed by atoms with van der Waals surface area (Å²) in [5, 5.41) is 0. The summed E-state index contributed by atoms with van der Waals surface area (Å²) < 4.78 is 40.4. The molecule has 0 aliphatic carbocycles. The Morgan fingerprint density at radius 3 is 2.22 bits per heavy atom. The van der Waals surface area contributed by atoms with E-state index in [1.165, 1.54) is 47.0 Å². The monoisotopic (exact) mass is 547 g/mol. The standard InChI is InChI=1S/C26H33N3O6S2/c1-5-7-15-28(16-8-6-2)37(32,33)21-12-9-19(10-13-21)25(31)27-26-29(18-24(30)35-4)22-14-11-20(34-3)17-23(22)36-26/h9-14,17H,5-8,15-16,18H2,1-4H3. The number of hydrogen-bond acceptors (Lipinski definition) is 7. The van der Waals surface area contributed by atoms with Crippen molar-refractivity contribution in [2.75, 3.05) is 27.3 Å². The molecule has 1 amide bonds. The van der Waals surface area contributed by atoms with Crippen molar-refractivity contribution in [1.82, 2.24) is 8.87 Å². The number of aromatic nitrogens is 1. The zero-order chi connectivity index (χ0) is 27.0. The smallest absolute Gasteiger partial charge is 0.325 e. The van der Waals surface area contributed by atoms with Gasteiger partial charge in [0.2, 0.25) is 10.0 Å². The van der Waals surface area contributed by atoms with Crippen LogP contribution in [0.3, 0.4) is 0 Å². The van der Waals surface area contributed by atoms with Crippen LogP contribution in [0.25, 0.3) is 10.2 Å². The van der Waals surface area contributed by atoms with Gasteiger partial charge in [-0.2, -0.15) is 9.30 Å². The van der Waals surface area contributed by atoms with Crippen LogP contribution in [0.15, 0.2) is 52.4 Å². The molecule has 11 heteroatoms. The van der Waals surface area contributed by atoms with Crippen LogP contribution >= 0.6 is 11.3 Å². The van der Waals surface area contributed by atoms with Gasteiger partial charge in [0, 0.05) is 18.7 Å². The Morgan fingerprint density at radius 2 is 1.65 bits per heavy atom. The zero-order valence-corrected chi connectivity index (χ0v) is 23.2. The number of thiazole rings is 1. The summed E-state index contributed by atoms with van der Waals surface area (Å²) in [6.45, 7) is 4.86. The molecule has 0 saturated heterocycles. The molecule has 3 rings (SSSR count). The van der Waals surface area contributed by atoms with Gasteiger partial charge in [-0.25, -0.2) is 8.42 Å². The Balaban J connectivity index is 1.95. The van der Waals surface area contributed by atoms with E-state index in [0.717, 1.165) is 30.4 Å². The van der Waals surface area contributed by atoms with E-state index in [2.05, 4.69) is 4.99 Å². The number of esters is 1. The van der Waals surface area contributed by atoms with E-state index >= 15 is 0 Å². The number of benzene rings is 2. The third kappa shape index (κ3) is 6.85. The summed E-state index contributed by atoms with van der Waals surface area (Å²) in [5.74, 6) is -0.384. The van der Waals surface area contributed by atoms with Gasteiger partial charge in [0.25, 0.3) is 5.91 Å². The number of ether oxygens (including phenoxy) is 2. The second kappa shape index (κ2) is 13.0. The van der Waals surface area contributed by atoms with Crippen molar-refractivity contribution in [2.24, 2.45) is 4.99 Å². The van der Waals surface area contributed by atoms with Crippen molar-refractivity contribution < 1.29 is 27.5 Å². The molecule has 0 atom stereocenters. The summed E-state index contributed by atoms with van der Waals surface area (Å²) in [5.41, 5.74) is 0.954. The molecule has 1 heterocycles. The number of carbonyl (C=O) groups is 2. The third-order valence-corrected chi connectivity index (χ3v) is 8.82. The van der Waals surface area contributed by atoms with Crippen molar-refractivity contribution in [3.05, 3.63) is 52.8 Å². The van der Waals surface area contributed by atoms with Crippen LogP contribution < -0.4 is 9.54 Å². The molecule has 0 radical (unpaired) electrons. The average Bonchev–Trinajstić information content (AvgIpc) is 3.23. The highest BCUT2D eigenvalue weighted by molar-refractivity contribution is 7.89. The molecule has 1 aromatic heterocycles. The first-order valence-corrected chi connectivity index (χ1v) is 14.4. The molecule has 0 N–H and O–H groups in total. The highest BCUT2D eigenvalue weighted by atomic mass is 32.2. The Kier molecular flexibility index (Phi) is 10.0. The first-order chi connectivity index (χ1) is 17.7. The molecule has 0 fully saturated rings. The normalized spacial score (nSPS) is 12.3. The zero-order valence-electron chi connectivity index (χ0n) is 21.6. The van der Waals surface area contributed by atoms with E-state index in [-0.39, 0.29) is 17.0 Å². The van der Waals surface area contributed by atoms with E-state index < -0.39 is 21.9 Å². The number of carbonyl (C=O) groups excluding carboxylic acids is 2. The van der Waals surface area contributed by atoms with Crippen molar-refractivity contribution in [2.45, 2.75) is 51.0 Å². The van der Waals surface area contributed by atoms with Gasteiger partial charge in [-0.1, -0.05) is 38.0 Å². The lowest BCUT2D eigenvalue weighted by Gasteiger charge is -2.22. The van der Waals surface area contributed by atoms with Gasteiger partial charge in [0.1, 0.15) is 12.3 Å². The number of methoxy groups -OCH3 is 2. The third-order valence-electron chi connectivity index (χ3n) is 5.86. The summed E-state index contributed by atoms with van der Waals surface area (Å²) >= 11 is 1.24. The van der Waals surface area contributed by atoms with Crippen molar-refractivity contribution in [1.29, 1.82) is 0 Å². The molecule has 2 aromatic carbocycles. The minimum absolute atomic E-state index is 0.114. The molecule has 0 aliphatic rings. The number of sulfonamides is 1. The van der Waals surface area contributed by atoms with Crippen molar-refractivity contribution in [3.63, 3.8) is 0 Å². The minimum Gasteiger partial charge on any atom is -0.497 e. The number of hydrogen-bond donors (Lipinski definition) is 0. The summed E-state index contributed by atoms with van der Waals surface area (Å²) in [7, 11) is -0.814. The SMILES string of the molecule is CCCCN(CCCC)S(=O)(=O)c1ccc(C(=O)N=c2sc3cc(OC)ccc3n2CC(=O)OC)cc1. The van der Waals surface area contributed by atoms with Crippen LogP contribution in [0.5, 0.6) is 5.75 Å². The van der Waals surface area contributed by atoms with Gasteiger partial charge >= 0.3 is 5.97 Å². The van der Waals surface area contributed by atoms with Gasteiger partial charge in [-0.05, 0) is 55.3 Å². The summed E-state index contributed by atoms with van der Waals surface area (Å²) in [6.07, 6.45) is 3.36. The molecule has 3 aromatic rings. The topological polar surface area (TPSA) is 107 Å². The van der Waals surface area contributed by atoms with Crippen molar-refractivity contribution >= 4 is 43.5 Å². The number of unbranched alkanes of at least 4 members (excludes halogenated alkanes) is 2. The second-order valence-corrected chi connectivity index (χ2v) is 11.4. The number of amides is 1. The minimum atomic E-state index is -3.67. The first kappa shape index (κ1) is 28.5. The van der Waals surface area contributed by atoms with Crippen LogP contribution in [-0.2, 0) is 26.1 Å². The fraction of sp³-hybridized carbons (Fsp3) is 0.423. The van der Waals surface area contributed by atoms with Gasteiger partial charge in [-0.15, -0.1) is 0 Å². The Morgan fingerprint density at radius 1 is 1.00 bits per heavy atom. The largest absolute Gasteiger partial charge is 0.497 e. The maximum Gasteiger partial charge on any atom is 0.325 e. The highest BCUT2D eigenvalue weighted by Crippen LogP contribution is 2.24. The lowest BCUT2D eigenvalue weighted by Crippen LogP contribution is -2.33. The van der Waals surface area contributed by atoms with Gasteiger partial charge in [-0.3, -0.25) is 9.59 Å². The molecular weight excluding hydrogens is 514 g/mol. The Bertz CT molecular complexity index is 1400. The molecule has 0 spiro atoms. The molecule has 0 saturated carbocycles. The second-order valence-electron chi connectivity index (χ2n) is 8.43. The maximum atomic E-state index is 13.2. The molecular formula is C26H33N3O6S2. The van der Waals surface area contributed by atoms with E-state index in [4.69, 9.17) is 9.47 Å².